The maximum Gasteiger partial charge on any atom is 0.420 e. The maximum absolute atomic E-state index is 12.9. The summed E-state index contributed by atoms with van der Waals surface area (Å²) in [6, 6.07) is -0.0968. The van der Waals surface area contributed by atoms with E-state index in [2.05, 4.69) is 15.3 Å². The van der Waals surface area contributed by atoms with Gasteiger partial charge in [0, 0.05) is 24.8 Å². The summed E-state index contributed by atoms with van der Waals surface area (Å²) in [5.74, 6) is 0.469. The van der Waals surface area contributed by atoms with Crippen molar-refractivity contribution in [2.45, 2.75) is 83.2 Å². The molecule has 1 amide bonds. The lowest BCUT2D eigenvalue weighted by atomic mass is 9.87. The number of ether oxygens (including phenoxy) is 1. The molecule has 2 aliphatic rings. The number of anilines is 1. The van der Waals surface area contributed by atoms with Gasteiger partial charge >= 0.3 is 12.3 Å². The number of likely N-dealkylation sites (tertiary alicyclic amines) is 1. The van der Waals surface area contributed by atoms with Gasteiger partial charge in [-0.05, 0) is 52.4 Å². The first kappa shape index (κ1) is 22.9. The minimum atomic E-state index is -4.61. The van der Waals surface area contributed by atoms with Crippen molar-refractivity contribution >= 4 is 23.6 Å². The molecule has 1 saturated heterocycles. The number of aromatic nitrogens is 2. The summed E-state index contributed by atoms with van der Waals surface area (Å²) >= 11 is 5.70. The number of halogens is 4. The van der Waals surface area contributed by atoms with Gasteiger partial charge in [0.15, 0.2) is 0 Å². The molecular weight excluding hydrogens is 421 g/mol. The number of carbonyl (C=O) groups is 1. The van der Waals surface area contributed by atoms with E-state index in [4.69, 9.17) is 16.3 Å². The van der Waals surface area contributed by atoms with Crippen molar-refractivity contribution < 1.29 is 22.7 Å². The number of alkyl halides is 3. The highest BCUT2D eigenvalue weighted by molar-refractivity contribution is 6.30. The predicted molar refractivity (Wildman–Crippen MR) is 107 cm³/mol. The molecule has 0 spiro atoms. The number of carbonyl (C=O) groups excluding carboxylic acids is 1. The van der Waals surface area contributed by atoms with Crippen molar-refractivity contribution in [1.29, 1.82) is 0 Å². The van der Waals surface area contributed by atoms with Crippen molar-refractivity contribution in [3.05, 3.63) is 16.9 Å². The molecule has 1 aromatic heterocycles. The first-order valence-electron chi connectivity index (χ1n) is 10.3. The molecule has 2 atom stereocenters. The molecule has 1 aliphatic carbocycles. The Labute approximate surface area is 179 Å². The van der Waals surface area contributed by atoms with E-state index < -0.39 is 22.5 Å². The maximum atomic E-state index is 12.9. The molecule has 1 N–H and O–H groups in total. The topological polar surface area (TPSA) is 67.3 Å². The molecule has 0 radical (unpaired) electrons. The second-order valence-electron chi connectivity index (χ2n) is 9.06. The van der Waals surface area contributed by atoms with Gasteiger partial charge < -0.3 is 15.0 Å². The van der Waals surface area contributed by atoms with E-state index in [-0.39, 0.29) is 24.1 Å². The van der Waals surface area contributed by atoms with Crippen LogP contribution in [0, 0.1) is 5.92 Å². The number of amides is 1. The monoisotopic (exact) mass is 448 g/mol. The lowest BCUT2D eigenvalue weighted by Gasteiger charge is -2.43. The molecule has 1 aliphatic heterocycles. The molecule has 2 heterocycles. The number of piperidine rings is 1. The smallest absolute Gasteiger partial charge is 0.420 e. The molecule has 168 valence electrons. The average molecular weight is 449 g/mol. The van der Waals surface area contributed by atoms with Crippen LogP contribution in [-0.2, 0) is 10.9 Å². The molecule has 6 nitrogen and oxygen atoms in total. The molecule has 0 bridgehead atoms. The quantitative estimate of drug-likeness (QED) is 0.617. The summed E-state index contributed by atoms with van der Waals surface area (Å²) in [7, 11) is 0. The summed E-state index contributed by atoms with van der Waals surface area (Å²) in [5.41, 5.74) is -1.68. The Balaban J connectivity index is 1.73. The van der Waals surface area contributed by atoms with Crippen LogP contribution in [0.4, 0.5) is 23.9 Å². The zero-order valence-corrected chi connectivity index (χ0v) is 18.2. The summed E-state index contributed by atoms with van der Waals surface area (Å²) in [4.78, 5) is 22.2. The molecule has 1 saturated carbocycles. The first-order chi connectivity index (χ1) is 13.9. The highest BCUT2D eigenvalue weighted by Crippen LogP contribution is 2.36. The molecule has 0 aromatic carbocycles. The van der Waals surface area contributed by atoms with Crippen LogP contribution in [0.2, 0.25) is 5.15 Å². The van der Waals surface area contributed by atoms with E-state index >= 15 is 0 Å². The molecule has 30 heavy (non-hydrogen) atoms. The summed E-state index contributed by atoms with van der Waals surface area (Å²) in [5, 5.41) is 2.39. The third-order valence-electron chi connectivity index (χ3n) is 5.58. The lowest BCUT2D eigenvalue weighted by Crippen LogP contribution is -2.54. The van der Waals surface area contributed by atoms with Gasteiger partial charge in [-0.1, -0.05) is 24.4 Å². The standard InChI is InChI=1S/C20H28ClF3N4O2/c1-19(2,3)30-18(29)28-11-13(8-9-15(28)12-6-4-5-7-12)26-17-25-10-14(16(21)27-17)20(22,23)24/h10,12-13,15H,4-9,11H2,1-3H3,(H,25,26,27)/t13-,15?/m0/s1. The Morgan fingerprint density at radius 3 is 2.43 bits per heavy atom. The van der Waals surface area contributed by atoms with Gasteiger partial charge in [0.25, 0.3) is 0 Å². The van der Waals surface area contributed by atoms with Crippen molar-refractivity contribution in [2.24, 2.45) is 5.92 Å². The van der Waals surface area contributed by atoms with Gasteiger partial charge in [0.2, 0.25) is 5.95 Å². The third-order valence-corrected chi connectivity index (χ3v) is 5.87. The third kappa shape index (κ3) is 5.68. The fourth-order valence-corrected chi connectivity index (χ4v) is 4.51. The van der Waals surface area contributed by atoms with Crippen LogP contribution in [0.25, 0.3) is 0 Å². The minimum absolute atomic E-state index is 0.0152. The van der Waals surface area contributed by atoms with Crippen LogP contribution in [0.3, 0.4) is 0 Å². The van der Waals surface area contributed by atoms with E-state index in [1.165, 1.54) is 12.8 Å². The zero-order chi connectivity index (χ0) is 22.1. The van der Waals surface area contributed by atoms with Gasteiger partial charge in [-0.25, -0.2) is 14.8 Å². The van der Waals surface area contributed by atoms with Crippen LogP contribution in [-0.4, -0.2) is 45.2 Å². The number of hydrogen-bond donors (Lipinski definition) is 1. The summed E-state index contributed by atoms with van der Waals surface area (Å²) in [6.45, 7) is 5.85. The second-order valence-corrected chi connectivity index (χ2v) is 9.42. The summed E-state index contributed by atoms with van der Waals surface area (Å²) < 4.78 is 44.2. The van der Waals surface area contributed by atoms with Gasteiger partial charge in [-0.3, -0.25) is 0 Å². The van der Waals surface area contributed by atoms with Crippen LogP contribution in [0.5, 0.6) is 0 Å². The number of hydrogen-bond acceptors (Lipinski definition) is 5. The van der Waals surface area contributed by atoms with Crippen LogP contribution in [0.15, 0.2) is 6.20 Å². The van der Waals surface area contributed by atoms with E-state index in [9.17, 15) is 18.0 Å². The van der Waals surface area contributed by atoms with E-state index in [0.717, 1.165) is 25.7 Å². The highest BCUT2D eigenvalue weighted by Gasteiger charge is 2.40. The molecule has 3 rings (SSSR count). The van der Waals surface area contributed by atoms with Crippen molar-refractivity contribution in [2.75, 3.05) is 11.9 Å². The van der Waals surface area contributed by atoms with E-state index in [1.807, 2.05) is 20.8 Å². The lowest BCUT2D eigenvalue weighted by molar-refractivity contribution is -0.137. The number of nitrogens with one attached hydrogen (secondary N) is 1. The van der Waals surface area contributed by atoms with Crippen molar-refractivity contribution in [1.82, 2.24) is 14.9 Å². The highest BCUT2D eigenvalue weighted by atomic mass is 35.5. The van der Waals surface area contributed by atoms with Gasteiger partial charge in [0.1, 0.15) is 16.3 Å². The Kier molecular flexibility index (Phi) is 6.69. The van der Waals surface area contributed by atoms with Gasteiger partial charge in [-0.15, -0.1) is 0 Å². The number of nitrogens with zero attached hydrogens (tertiary/aromatic N) is 3. The normalized spacial score (nSPS) is 23.5. The van der Waals surface area contributed by atoms with E-state index in [1.54, 1.807) is 4.90 Å². The minimum Gasteiger partial charge on any atom is -0.444 e. The van der Waals surface area contributed by atoms with Gasteiger partial charge in [0.05, 0.1) is 0 Å². The molecule has 10 heteroatoms. The molecular formula is C20H28ClF3N4O2. The zero-order valence-electron chi connectivity index (χ0n) is 17.4. The SMILES string of the molecule is CC(C)(C)OC(=O)N1C[C@@H](Nc2ncc(C(F)(F)F)c(Cl)n2)CCC1C1CCCC1. The van der Waals surface area contributed by atoms with E-state index in [0.29, 0.717) is 18.7 Å². The second kappa shape index (κ2) is 8.77. The first-order valence-corrected chi connectivity index (χ1v) is 10.7. The van der Waals surface area contributed by atoms with Crippen molar-refractivity contribution in [3.63, 3.8) is 0 Å². The fraction of sp³-hybridized carbons (Fsp3) is 0.750. The molecule has 1 unspecified atom stereocenters. The van der Waals surface area contributed by atoms with Crippen LogP contribution < -0.4 is 5.32 Å². The Morgan fingerprint density at radius 2 is 1.87 bits per heavy atom. The van der Waals surface area contributed by atoms with Crippen molar-refractivity contribution in [3.8, 4) is 0 Å². The largest absolute Gasteiger partial charge is 0.444 e. The Hall–Kier alpha value is -1.77. The summed E-state index contributed by atoms with van der Waals surface area (Å²) in [6.07, 6.45) is 1.77. The molecule has 1 aromatic rings. The predicted octanol–water partition coefficient (Wildman–Crippen LogP) is 5.52. The van der Waals surface area contributed by atoms with Crippen LogP contribution in [0.1, 0.15) is 64.9 Å². The number of rotatable bonds is 3. The Bertz CT molecular complexity index is 763. The Morgan fingerprint density at radius 1 is 1.20 bits per heavy atom. The van der Waals surface area contributed by atoms with Gasteiger partial charge in [-0.2, -0.15) is 13.2 Å². The average Bonchev–Trinajstić information content (AvgIpc) is 3.13. The molecule has 2 fully saturated rings. The van der Waals surface area contributed by atoms with Crippen LogP contribution >= 0.6 is 11.6 Å². The fourth-order valence-electron chi connectivity index (χ4n) is 4.28.